The summed E-state index contributed by atoms with van der Waals surface area (Å²) in [6.07, 6.45) is 0.466. The van der Waals surface area contributed by atoms with E-state index in [0.29, 0.717) is 24.3 Å². The van der Waals surface area contributed by atoms with Crippen LogP contribution in [0.15, 0.2) is 29.6 Å². The van der Waals surface area contributed by atoms with Gasteiger partial charge in [0.2, 0.25) is 0 Å². The molecule has 1 aromatic heterocycles. The molecular weight excluding hydrogens is 348 g/mol. The summed E-state index contributed by atoms with van der Waals surface area (Å²) in [5.41, 5.74) is 1.30. The van der Waals surface area contributed by atoms with Crippen molar-refractivity contribution in [2.24, 2.45) is 0 Å². The van der Waals surface area contributed by atoms with Gasteiger partial charge in [-0.15, -0.1) is 11.3 Å². The first-order chi connectivity index (χ1) is 11.4. The Labute approximate surface area is 144 Å². The van der Waals surface area contributed by atoms with Crippen LogP contribution in [0, 0.1) is 6.92 Å². The van der Waals surface area contributed by atoms with Gasteiger partial charge >= 0.3 is 0 Å². The third kappa shape index (κ3) is 4.33. The summed E-state index contributed by atoms with van der Waals surface area (Å²) in [7, 11) is -3.01. The molecule has 2 heterocycles. The van der Waals surface area contributed by atoms with Gasteiger partial charge in [-0.1, -0.05) is 6.07 Å². The van der Waals surface area contributed by atoms with Crippen molar-refractivity contribution in [1.29, 1.82) is 0 Å². The number of aromatic nitrogens is 1. The van der Waals surface area contributed by atoms with Crippen molar-refractivity contribution >= 4 is 27.1 Å². The van der Waals surface area contributed by atoms with Gasteiger partial charge in [-0.2, -0.15) is 0 Å². The highest BCUT2D eigenvalue weighted by atomic mass is 32.2. The molecule has 1 N–H and O–H groups in total. The number of hydrogen-bond acceptors (Lipinski definition) is 6. The lowest BCUT2D eigenvalue weighted by Crippen LogP contribution is -2.35. The topological polar surface area (TPSA) is 85.4 Å². The number of nitrogens with zero attached hydrogens (tertiary/aromatic N) is 1. The van der Waals surface area contributed by atoms with Crippen LogP contribution in [0.2, 0.25) is 0 Å². The van der Waals surface area contributed by atoms with E-state index in [9.17, 15) is 13.2 Å². The number of rotatable bonds is 5. The van der Waals surface area contributed by atoms with Crippen molar-refractivity contribution in [3.63, 3.8) is 0 Å². The molecule has 1 aliphatic heterocycles. The van der Waals surface area contributed by atoms with Crippen LogP contribution in [-0.2, 0) is 16.4 Å². The van der Waals surface area contributed by atoms with Crippen LogP contribution in [0.3, 0.4) is 0 Å². The molecule has 1 unspecified atom stereocenters. The molecule has 0 saturated carbocycles. The molecule has 0 bridgehead atoms. The minimum Gasteiger partial charge on any atom is -0.487 e. The summed E-state index contributed by atoms with van der Waals surface area (Å²) in [6, 6.07) is 6.53. The summed E-state index contributed by atoms with van der Waals surface area (Å²) >= 11 is 1.56. The number of benzene rings is 1. The average molecular weight is 366 g/mol. The van der Waals surface area contributed by atoms with E-state index in [0.717, 1.165) is 10.7 Å². The molecule has 6 nitrogen and oxygen atoms in total. The fourth-order valence-corrected chi connectivity index (χ4v) is 4.81. The molecule has 1 fully saturated rings. The second-order valence-corrected chi connectivity index (χ2v) is 9.04. The smallest absolute Gasteiger partial charge is 0.251 e. The Morgan fingerprint density at radius 2 is 2.29 bits per heavy atom. The summed E-state index contributed by atoms with van der Waals surface area (Å²) in [6.45, 7) is 2.28. The quantitative estimate of drug-likeness (QED) is 0.874. The Morgan fingerprint density at radius 3 is 2.96 bits per heavy atom. The molecule has 1 aromatic carbocycles. The second kappa shape index (κ2) is 6.90. The number of sulfone groups is 1. The van der Waals surface area contributed by atoms with Gasteiger partial charge in [-0.25, -0.2) is 13.4 Å². The Morgan fingerprint density at radius 1 is 1.46 bits per heavy atom. The number of hydrogen-bond donors (Lipinski definition) is 1. The number of carbonyl (C=O) groups excluding carboxylic acids is 1. The molecule has 128 valence electrons. The first-order valence-electron chi connectivity index (χ1n) is 7.56. The lowest BCUT2D eigenvalue weighted by Gasteiger charge is -2.11. The van der Waals surface area contributed by atoms with Crippen molar-refractivity contribution in [3.05, 3.63) is 45.9 Å². The van der Waals surface area contributed by atoms with E-state index in [-0.39, 0.29) is 23.5 Å². The Balaban J connectivity index is 1.61. The maximum Gasteiger partial charge on any atom is 0.251 e. The van der Waals surface area contributed by atoms with E-state index in [4.69, 9.17) is 4.74 Å². The summed E-state index contributed by atoms with van der Waals surface area (Å²) < 4.78 is 28.6. The number of nitrogens with one attached hydrogen (secondary N) is 1. The highest BCUT2D eigenvalue weighted by Gasteiger charge is 2.29. The van der Waals surface area contributed by atoms with E-state index >= 15 is 0 Å². The Hall–Kier alpha value is -1.93. The molecule has 0 spiro atoms. The molecule has 2 aromatic rings. The minimum atomic E-state index is -3.01. The highest BCUT2D eigenvalue weighted by Crippen LogP contribution is 2.17. The van der Waals surface area contributed by atoms with Gasteiger partial charge < -0.3 is 10.1 Å². The Bertz CT molecular complexity index is 845. The van der Waals surface area contributed by atoms with Crippen molar-refractivity contribution < 1.29 is 17.9 Å². The normalized spacial score (nSPS) is 19.1. The van der Waals surface area contributed by atoms with Crippen molar-refractivity contribution in [1.82, 2.24) is 10.3 Å². The zero-order chi connectivity index (χ0) is 17.2. The molecule has 1 aliphatic rings. The maximum atomic E-state index is 12.3. The fourth-order valence-electron chi connectivity index (χ4n) is 2.54. The third-order valence-corrected chi connectivity index (χ3v) is 6.31. The molecule has 1 atom stereocenters. The van der Waals surface area contributed by atoms with Crippen LogP contribution in [0.25, 0.3) is 0 Å². The van der Waals surface area contributed by atoms with E-state index in [1.165, 1.54) is 0 Å². The average Bonchev–Trinajstić information content (AvgIpc) is 3.10. The zero-order valence-corrected chi connectivity index (χ0v) is 14.8. The van der Waals surface area contributed by atoms with Gasteiger partial charge in [-0.3, -0.25) is 4.79 Å². The summed E-state index contributed by atoms with van der Waals surface area (Å²) in [4.78, 5) is 16.6. The molecular formula is C16H18N2O4S2. The van der Waals surface area contributed by atoms with Crippen LogP contribution in [0.4, 0.5) is 0 Å². The number of carbonyl (C=O) groups is 1. The third-order valence-electron chi connectivity index (χ3n) is 3.72. The van der Waals surface area contributed by atoms with E-state index in [1.807, 2.05) is 12.3 Å². The standard InChI is InChI=1S/C16H18N2O4S2/c1-11-17-14(9-23-11)8-22-15-4-2-3-12(7-15)16(19)18-13-5-6-24(20,21)10-13/h2-4,7,9,13H,5-6,8,10H2,1H3,(H,18,19). The predicted octanol–water partition coefficient (Wildman–Crippen LogP) is 1.95. The highest BCUT2D eigenvalue weighted by molar-refractivity contribution is 7.91. The van der Waals surface area contributed by atoms with E-state index in [1.54, 1.807) is 35.6 Å². The number of ether oxygens (including phenoxy) is 1. The second-order valence-electron chi connectivity index (χ2n) is 5.75. The number of aryl methyl sites for hydroxylation is 1. The zero-order valence-electron chi connectivity index (χ0n) is 13.2. The molecule has 1 saturated heterocycles. The van der Waals surface area contributed by atoms with Gasteiger partial charge in [0, 0.05) is 17.0 Å². The predicted molar refractivity (Wildman–Crippen MR) is 92.2 cm³/mol. The molecule has 24 heavy (non-hydrogen) atoms. The minimum absolute atomic E-state index is 0.0120. The first-order valence-corrected chi connectivity index (χ1v) is 10.3. The summed E-state index contributed by atoms with van der Waals surface area (Å²) in [5.74, 6) is 0.436. The van der Waals surface area contributed by atoms with Crippen LogP contribution < -0.4 is 10.1 Å². The van der Waals surface area contributed by atoms with Crippen LogP contribution in [0.1, 0.15) is 27.5 Å². The van der Waals surface area contributed by atoms with E-state index in [2.05, 4.69) is 10.3 Å². The van der Waals surface area contributed by atoms with Gasteiger partial charge in [-0.05, 0) is 31.5 Å². The molecule has 0 aliphatic carbocycles. The fraction of sp³-hybridized carbons (Fsp3) is 0.375. The molecule has 1 amide bonds. The maximum absolute atomic E-state index is 12.3. The van der Waals surface area contributed by atoms with Crippen molar-refractivity contribution in [3.8, 4) is 5.75 Å². The van der Waals surface area contributed by atoms with Crippen LogP contribution >= 0.6 is 11.3 Å². The first kappa shape index (κ1) is 16.9. The van der Waals surface area contributed by atoms with Gasteiger partial charge in [0.25, 0.3) is 5.91 Å². The van der Waals surface area contributed by atoms with Gasteiger partial charge in [0.05, 0.1) is 22.2 Å². The number of thiazole rings is 1. The van der Waals surface area contributed by atoms with Crippen LogP contribution in [-0.4, -0.2) is 36.9 Å². The molecule has 0 radical (unpaired) electrons. The van der Waals surface area contributed by atoms with Crippen LogP contribution in [0.5, 0.6) is 5.75 Å². The lowest BCUT2D eigenvalue weighted by molar-refractivity contribution is 0.0940. The monoisotopic (exact) mass is 366 g/mol. The molecule has 3 rings (SSSR count). The lowest BCUT2D eigenvalue weighted by atomic mass is 10.2. The van der Waals surface area contributed by atoms with Gasteiger partial charge in [0.1, 0.15) is 12.4 Å². The summed E-state index contributed by atoms with van der Waals surface area (Å²) in [5, 5.41) is 5.69. The molecule has 8 heteroatoms. The van der Waals surface area contributed by atoms with Crippen molar-refractivity contribution in [2.75, 3.05) is 11.5 Å². The van der Waals surface area contributed by atoms with Crippen molar-refractivity contribution in [2.45, 2.75) is 26.0 Å². The van der Waals surface area contributed by atoms with E-state index < -0.39 is 9.84 Å². The Kier molecular flexibility index (Phi) is 4.86. The SMILES string of the molecule is Cc1nc(COc2cccc(C(=O)NC3CCS(=O)(=O)C3)c2)cs1. The number of amides is 1. The van der Waals surface area contributed by atoms with Gasteiger partial charge in [0.15, 0.2) is 9.84 Å². The largest absolute Gasteiger partial charge is 0.487 e.